The summed E-state index contributed by atoms with van der Waals surface area (Å²) in [6.07, 6.45) is 8.23. The third-order valence-electron chi connectivity index (χ3n) is 6.65. The Morgan fingerprint density at radius 1 is 1.18 bits per heavy atom. The first kappa shape index (κ1) is 19.6. The molecule has 0 aromatic carbocycles. The van der Waals surface area contributed by atoms with Crippen LogP contribution in [0.3, 0.4) is 0 Å². The van der Waals surface area contributed by atoms with Crippen molar-refractivity contribution in [1.29, 1.82) is 0 Å². The predicted molar refractivity (Wildman–Crippen MR) is 110 cm³/mol. The Bertz CT molecular complexity index is 767. The molecule has 154 valence electrons. The molecule has 0 saturated carbocycles. The summed E-state index contributed by atoms with van der Waals surface area (Å²) in [6, 6.07) is 6.42. The summed E-state index contributed by atoms with van der Waals surface area (Å²) in [7, 11) is 0. The Hall–Kier alpha value is -1.66. The maximum absolute atomic E-state index is 5.32. The van der Waals surface area contributed by atoms with Crippen molar-refractivity contribution < 1.29 is 4.52 Å². The third-order valence-corrected chi connectivity index (χ3v) is 6.65. The highest BCUT2D eigenvalue weighted by atomic mass is 16.5. The average Bonchev–Trinajstić information content (AvgIpc) is 3.44. The van der Waals surface area contributed by atoms with Gasteiger partial charge in [0, 0.05) is 30.9 Å². The second kappa shape index (κ2) is 8.37. The lowest BCUT2D eigenvalue weighted by Gasteiger charge is -2.28. The van der Waals surface area contributed by atoms with E-state index in [1.807, 2.05) is 6.92 Å². The molecule has 0 radical (unpaired) electrons. The van der Waals surface area contributed by atoms with Gasteiger partial charge in [0.05, 0.1) is 17.8 Å². The summed E-state index contributed by atoms with van der Waals surface area (Å²) in [6.45, 7) is 12.1. The lowest BCUT2D eigenvalue weighted by atomic mass is 10.1. The van der Waals surface area contributed by atoms with E-state index in [4.69, 9.17) is 9.62 Å². The minimum Gasteiger partial charge on any atom is -0.361 e. The Morgan fingerprint density at radius 3 is 2.75 bits per heavy atom. The largest absolute Gasteiger partial charge is 0.361 e. The van der Waals surface area contributed by atoms with Gasteiger partial charge < -0.3 is 4.52 Å². The van der Waals surface area contributed by atoms with Crippen LogP contribution in [-0.4, -0.2) is 49.9 Å². The number of likely N-dealkylation sites (tertiary alicyclic amines) is 2. The number of hydrogen-bond donors (Lipinski definition) is 0. The first-order chi connectivity index (χ1) is 13.6. The topological polar surface area (TPSA) is 50.3 Å². The molecule has 0 N–H and O–H groups in total. The van der Waals surface area contributed by atoms with E-state index in [0.29, 0.717) is 24.2 Å². The lowest BCUT2D eigenvalue weighted by molar-refractivity contribution is 0.183. The number of aromatic nitrogens is 3. The maximum atomic E-state index is 5.32. The first-order valence-electron chi connectivity index (χ1n) is 11.0. The lowest BCUT2D eigenvalue weighted by Crippen LogP contribution is -2.32. The van der Waals surface area contributed by atoms with E-state index in [2.05, 4.69) is 58.7 Å². The van der Waals surface area contributed by atoms with Gasteiger partial charge in [0.15, 0.2) is 0 Å². The first-order valence-corrected chi connectivity index (χ1v) is 11.0. The van der Waals surface area contributed by atoms with Crippen LogP contribution < -0.4 is 0 Å². The standard InChI is InChI=1S/C22H35N5O/c1-5-26-18(8-9-22(26)20-15-17(4)28-24-20)10-13-25-14-11-19(23-25)21-7-6-12-27(21)16(2)3/h11,14-16,18,21-22H,5-10,12-13H2,1-4H3. The van der Waals surface area contributed by atoms with Crippen LogP contribution in [0.1, 0.15) is 82.1 Å². The highest BCUT2D eigenvalue weighted by Gasteiger charge is 2.35. The molecule has 2 saturated heterocycles. The van der Waals surface area contributed by atoms with Crippen LogP contribution in [0.25, 0.3) is 0 Å². The van der Waals surface area contributed by atoms with Gasteiger partial charge in [-0.3, -0.25) is 14.5 Å². The van der Waals surface area contributed by atoms with Gasteiger partial charge in [-0.15, -0.1) is 0 Å². The van der Waals surface area contributed by atoms with Crippen molar-refractivity contribution in [2.45, 2.75) is 90.5 Å². The molecule has 28 heavy (non-hydrogen) atoms. The van der Waals surface area contributed by atoms with Gasteiger partial charge in [-0.2, -0.15) is 5.10 Å². The van der Waals surface area contributed by atoms with E-state index < -0.39 is 0 Å². The third kappa shape index (κ3) is 3.90. The summed E-state index contributed by atoms with van der Waals surface area (Å²) in [5, 5.41) is 9.22. The SMILES string of the molecule is CCN1C(CCn2ccc(C3CCCN3C(C)C)n2)CCC1c1cc(C)on1. The van der Waals surface area contributed by atoms with Crippen molar-refractivity contribution in [2.75, 3.05) is 13.1 Å². The highest BCUT2D eigenvalue weighted by molar-refractivity contribution is 5.12. The Morgan fingerprint density at radius 2 is 2.04 bits per heavy atom. The highest BCUT2D eigenvalue weighted by Crippen LogP contribution is 2.37. The summed E-state index contributed by atoms with van der Waals surface area (Å²) >= 11 is 0. The Kier molecular flexibility index (Phi) is 5.88. The molecular formula is C22H35N5O. The summed E-state index contributed by atoms with van der Waals surface area (Å²) in [5.74, 6) is 0.904. The molecule has 2 aliphatic heterocycles. The fourth-order valence-corrected chi connectivity index (χ4v) is 5.27. The molecule has 0 bridgehead atoms. The van der Waals surface area contributed by atoms with Crippen molar-refractivity contribution >= 4 is 0 Å². The van der Waals surface area contributed by atoms with E-state index in [1.54, 1.807) is 0 Å². The minimum atomic E-state index is 0.402. The molecule has 3 unspecified atom stereocenters. The average molecular weight is 386 g/mol. The fraction of sp³-hybridized carbons (Fsp3) is 0.727. The Balaban J connectivity index is 1.36. The van der Waals surface area contributed by atoms with E-state index >= 15 is 0 Å². The van der Waals surface area contributed by atoms with Crippen LogP contribution in [0.5, 0.6) is 0 Å². The molecule has 2 aromatic heterocycles. The summed E-state index contributed by atoms with van der Waals surface area (Å²) < 4.78 is 7.48. The zero-order chi connectivity index (χ0) is 19.7. The van der Waals surface area contributed by atoms with Crippen LogP contribution in [0, 0.1) is 6.92 Å². The van der Waals surface area contributed by atoms with Crippen molar-refractivity contribution in [3.63, 3.8) is 0 Å². The number of nitrogens with zero attached hydrogens (tertiary/aromatic N) is 5. The number of rotatable bonds is 7. The molecule has 4 rings (SSSR count). The summed E-state index contributed by atoms with van der Waals surface area (Å²) in [5.41, 5.74) is 2.35. The zero-order valence-corrected chi connectivity index (χ0v) is 17.8. The van der Waals surface area contributed by atoms with Gasteiger partial charge in [-0.1, -0.05) is 12.1 Å². The number of hydrogen-bond acceptors (Lipinski definition) is 5. The predicted octanol–water partition coefficient (Wildman–Crippen LogP) is 4.34. The second-order valence-corrected chi connectivity index (χ2v) is 8.72. The van der Waals surface area contributed by atoms with Crippen LogP contribution in [0.15, 0.2) is 22.9 Å². The molecule has 0 spiro atoms. The van der Waals surface area contributed by atoms with E-state index in [-0.39, 0.29) is 0 Å². The van der Waals surface area contributed by atoms with Crippen LogP contribution >= 0.6 is 0 Å². The van der Waals surface area contributed by atoms with Gasteiger partial charge in [-0.25, -0.2) is 0 Å². The molecule has 2 fully saturated rings. The van der Waals surface area contributed by atoms with Crippen molar-refractivity contribution in [1.82, 2.24) is 24.7 Å². The molecule has 2 aliphatic rings. The van der Waals surface area contributed by atoms with Crippen LogP contribution in [0.4, 0.5) is 0 Å². The monoisotopic (exact) mass is 385 g/mol. The molecule has 6 heteroatoms. The molecule has 2 aromatic rings. The quantitative estimate of drug-likeness (QED) is 0.709. The van der Waals surface area contributed by atoms with Gasteiger partial charge in [0.2, 0.25) is 0 Å². The second-order valence-electron chi connectivity index (χ2n) is 8.72. The van der Waals surface area contributed by atoms with Crippen molar-refractivity contribution in [3.8, 4) is 0 Å². The van der Waals surface area contributed by atoms with Crippen molar-refractivity contribution in [3.05, 3.63) is 35.5 Å². The Labute approximate surface area is 168 Å². The van der Waals surface area contributed by atoms with Gasteiger partial charge in [0.1, 0.15) is 11.5 Å². The van der Waals surface area contributed by atoms with E-state index in [1.165, 1.54) is 37.9 Å². The molecule has 6 nitrogen and oxygen atoms in total. The fourth-order valence-electron chi connectivity index (χ4n) is 5.27. The molecule has 4 heterocycles. The molecule has 3 atom stereocenters. The maximum Gasteiger partial charge on any atom is 0.133 e. The zero-order valence-electron chi connectivity index (χ0n) is 17.8. The van der Waals surface area contributed by atoms with Gasteiger partial charge in [-0.05, 0) is 72.0 Å². The smallest absolute Gasteiger partial charge is 0.133 e. The molecule has 0 aliphatic carbocycles. The normalized spacial score (nSPS) is 26.7. The molecular weight excluding hydrogens is 350 g/mol. The van der Waals surface area contributed by atoms with E-state index in [0.717, 1.165) is 31.0 Å². The minimum absolute atomic E-state index is 0.402. The van der Waals surface area contributed by atoms with E-state index in [9.17, 15) is 0 Å². The van der Waals surface area contributed by atoms with Crippen LogP contribution in [0.2, 0.25) is 0 Å². The number of aryl methyl sites for hydroxylation is 2. The van der Waals surface area contributed by atoms with Crippen LogP contribution in [-0.2, 0) is 6.54 Å². The van der Waals surface area contributed by atoms with Gasteiger partial charge in [0.25, 0.3) is 0 Å². The van der Waals surface area contributed by atoms with Crippen molar-refractivity contribution in [2.24, 2.45) is 0 Å². The molecule has 0 amide bonds. The summed E-state index contributed by atoms with van der Waals surface area (Å²) in [4.78, 5) is 5.19. The van der Waals surface area contributed by atoms with Gasteiger partial charge >= 0.3 is 0 Å².